The van der Waals surface area contributed by atoms with Gasteiger partial charge in [-0.1, -0.05) is 39.7 Å². The molecule has 0 saturated carbocycles. The number of carbonyl (C=O) groups excluding carboxylic acids is 1. The Labute approximate surface area is 129 Å². The maximum Gasteiger partial charge on any atom is 0.251 e. The van der Waals surface area contributed by atoms with E-state index < -0.39 is 0 Å². The van der Waals surface area contributed by atoms with Crippen LogP contribution in [-0.4, -0.2) is 10.9 Å². The van der Waals surface area contributed by atoms with Crippen LogP contribution < -0.4 is 16.6 Å². The first-order valence-electron chi connectivity index (χ1n) is 5.75. The van der Waals surface area contributed by atoms with E-state index in [1.165, 1.54) is 12.1 Å². The van der Waals surface area contributed by atoms with E-state index in [-0.39, 0.29) is 11.1 Å². The second-order valence-corrected chi connectivity index (χ2v) is 5.32. The average molecular weight is 356 g/mol. The SMILES string of the molecule is NNc1cc(C(=O)NCc2ccc(Br)cc2)cc(Cl)n1. The van der Waals surface area contributed by atoms with Crippen molar-refractivity contribution in [3.8, 4) is 0 Å². The molecular formula is C13H12BrClN4O. The van der Waals surface area contributed by atoms with Crippen LogP contribution in [0.2, 0.25) is 5.15 Å². The Morgan fingerprint density at radius 1 is 1.30 bits per heavy atom. The number of aromatic nitrogens is 1. The molecule has 0 unspecified atom stereocenters. The largest absolute Gasteiger partial charge is 0.348 e. The number of rotatable bonds is 4. The molecule has 1 aromatic heterocycles. The molecular weight excluding hydrogens is 344 g/mol. The van der Waals surface area contributed by atoms with Crippen molar-refractivity contribution >= 4 is 39.3 Å². The van der Waals surface area contributed by atoms with E-state index in [1.807, 2.05) is 24.3 Å². The summed E-state index contributed by atoms with van der Waals surface area (Å²) in [5.74, 6) is 5.36. The molecule has 0 radical (unpaired) electrons. The number of hydrogen-bond donors (Lipinski definition) is 3. The number of nitrogens with one attached hydrogen (secondary N) is 2. The maximum atomic E-state index is 12.0. The molecule has 0 aliphatic rings. The number of benzene rings is 1. The molecule has 0 atom stereocenters. The second-order valence-electron chi connectivity index (χ2n) is 4.02. The Bertz CT molecular complexity index is 618. The lowest BCUT2D eigenvalue weighted by Gasteiger charge is -2.07. The van der Waals surface area contributed by atoms with Crippen molar-refractivity contribution in [1.29, 1.82) is 0 Å². The third-order valence-corrected chi connectivity index (χ3v) is 3.29. The van der Waals surface area contributed by atoms with Crippen molar-refractivity contribution < 1.29 is 4.79 Å². The fourth-order valence-electron chi connectivity index (χ4n) is 1.59. The first kappa shape index (κ1) is 14.8. The molecule has 5 nitrogen and oxygen atoms in total. The van der Waals surface area contributed by atoms with Crippen molar-refractivity contribution in [2.45, 2.75) is 6.54 Å². The van der Waals surface area contributed by atoms with E-state index >= 15 is 0 Å². The van der Waals surface area contributed by atoms with Crippen LogP contribution in [0.4, 0.5) is 5.82 Å². The van der Waals surface area contributed by atoms with Gasteiger partial charge in [-0.05, 0) is 29.8 Å². The van der Waals surface area contributed by atoms with E-state index in [0.717, 1.165) is 10.0 Å². The molecule has 1 heterocycles. The molecule has 0 aliphatic carbocycles. The number of halogens is 2. The second kappa shape index (κ2) is 6.69. The van der Waals surface area contributed by atoms with Gasteiger partial charge in [0.1, 0.15) is 11.0 Å². The average Bonchev–Trinajstić information content (AvgIpc) is 2.45. The molecule has 2 aromatic rings. The van der Waals surface area contributed by atoms with Gasteiger partial charge in [-0.25, -0.2) is 10.8 Å². The summed E-state index contributed by atoms with van der Waals surface area (Å²) in [5.41, 5.74) is 3.76. The van der Waals surface area contributed by atoms with Gasteiger partial charge in [0.05, 0.1) is 0 Å². The lowest BCUT2D eigenvalue weighted by atomic mass is 10.2. The van der Waals surface area contributed by atoms with Gasteiger partial charge in [-0.2, -0.15) is 0 Å². The zero-order chi connectivity index (χ0) is 14.5. The molecule has 2 rings (SSSR count). The molecule has 0 fully saturated rings. The zero-order valence-electron chi connectivity index (χ0n) is 10.4. The molecule has 0 bridgehead atoms. The van der Waals surface area contributed by atoms with Crippen LogP contribution in [0.5, 0.6) is 0 Å². The van der Waals surface area contributed by atoms with Gasteiger partial charge in [0.25, 0.3) is 5.91 Å². The minimum Gasteiger partial charge on any atom is -0.348 e. The van der Waals surface area contributed by atoms with Gasteiger partial charge in [0, 0.05) is 16.6 Å². The normalized spacial score (nSPS) is 10.2. The summed E-state index contributed by atoms with van der Waals surface area (Å²) in [4.78, 5) is 15.9. The molecule has 0 saturated heterocycles. The molecule has 0 spiro atoms. The predicted octanol–water partition coefficient (Wildman–Crippen LogP) is 2.71. The summed E-state index contributed by atoms with van der Waals surface area (Å²) in [6.45, 7) is 0.428. The third-order valence-electron chi connectivity index (χ3n) is 2.57. The number of hydrazine groups is 1. The fourth-order valence-corrected chi connectivity index (χ4v) is 2.06. The van der Waals surface area contributed by atoms with Gasteiger partial charge in [0.15, 0.2) is 0 Å². The molecule has 20 heavy (non-hydrogen) atoms. The third kappa shape index (κ3) is 3.93. The highest BCUT2D eigenvalue weighted by Gasteiger charge is 2.08. The van der Waals surface area contributed by atoms with Crippen molar-refractivity contribution in [2.75, 3.05) is 5.43 Å². The van der Waals surface area contributed by atoms with Gasteiger partial charge >= 0.3 is 0 Å². The van der Waals surface area contributed by atoms with Gasteiger partial charge in [0.2, 0.25) is 0 Å². The summed E-state index contributed by atoms with van der Waals surface area (Å²) < 4.78 is 0.993. The predicted molar refractivity (Wildman–Crippen MR) is 82.4 cm³/mol. The van der Waals surface area contributed by atoms with Gasteiger partial charge < -0.3 is 10.7 Å². The molecule has 7 heteroatoms. The molecule has 104 valence electrons. The van der Waals surface area contributed by atoms with Crippen LogP contribution in [0.3, 0.4) is 0 Å². The number of nitrogens with zero attached hydrogens (tertiary/aromatic N) is 1. The van der Waals surface area contributed by atoms with Crippen LogP contribution in [0.25, 0.3) is 0 Å². The number of hydrogen-bond acceptors (Lipinski definition) is 4. The number of anilines is 1. The summed E-state index contributed by atoms with van der Waals surface area (Å²) in [6, 6.07) is 10.7. The number of amides is 1. The summed E-state index contributed by atoms with van der Waals surface area (Å²) in [6.07, 6.45) is 0. The van der Waals surface area contributed by atoms with Crippen LogP contribution in [0.1, 0.15) is 15.9 Å². The highest BCUT2D eigenvalue weighted by Crippen LogP contribution is 2.14. The van der Waals surface area contributed by atoms with Crippen LogP contribution in [-0.2, 0) is 6.54 Å². The van der Waals surface area contributed by atoms with E-state index in [1.54, 1.807) is 0 Å². The van der Waals surface area contributed by atoms with Crippen molar-refractivity contribution in [2.24, 2.45) is 5.84 Å². The molecule has 1 aromatic carbocycles. The number of nitrogen functional groups attached to an aromatic ring is 1. The standard InChI is InChI=1S/C13H12BrClN4O/c14-10-3-1-8(2-4-10)7-17-13(20)9-5-11(15)18-12(6-9)19-16/h1-6H,7,16H2,(H,17,20)(H,18,19). The quantitative estimate of drug-likeness (QED) is 0.447. The summed E-state index contributed by atoms with van der Waals surface area (Å²) >= 11 is 9.17. The summed E-state index contributed by atoms with van der Waals surface area (Å²) in [5, 5.41) is 3.01. The Morgan fingerprint density at radius 2 is 2.00 bits per heavy atom. The highest BCUT2D eigenvalue weighted by atomic mass is 79.9. The zero-order valence-corrected chi connectivity index (χ0v) is 12.7. The first-order chi connectivity index (χ1) is 9.58. The Morgan fingerprint density at radius 3 is 2.65 bits per heavy atom. The maximum absolute atomic E-state index is 12.0. The van der Waals surface area contributed by atoms with Crippen LogP contribution in [0.15, 0.2) is 40.9 Å². The summed E-state index contributed by atoms with van der Waals surface area (Å²) in [7, 11) is 0. The van der Waals surface area contributed by atoms with Crippen molar-refractivity contribution in [1.82, 2.24) is 10.3 Å². The Balaban J connectivity index is 2.04. The Hall–Kier alpha value is -1.63. The van der Waals surface area contributed by atoms with E-state index in [0.29, 0.717) is 17.9 Å². The molecule has 4 N–H and O–H groups in total. The lowest BCUT2D eigenvalue weighted by molar-refractivity contribution is 0.0951. The van der Waals surface area contributed by atoms with Gasteiger partial charge in [-0.15, -0.1) is 0 Å². The van der Waals surface area contributed by atoms with Crippen LogP contribution >= 0.6 is 27.5 Å². The highest BCUT2D eigenvalue weighted by molar-refractivity contribution is 9.10. The fraction of sp³-hybridized carbons (Fsp3) is 0.0769. The van der Waals surface area contributed by atoms with E-state index in [4.69, 9.17) is 17.4 Å². The number of pyridine rings is 1. The molecule has 1 amide bonds. The first-order valence-corrected chi connectivity index (χ1v) is 6.92. The number of carbonyl (C=O) groups is 1. The van der Waals surface area contributed by atoms with Crippen molar-refractivity contribution in [3.05, 3.63) is 57.2 Å². The minimum absolute atomic E-state index is 0.203. The van der Waals surface area contributed by atoms with Gasteiger partial charge in [-0.3, -0.25) is 4.79 Å². The van der Waals surface area contributed by atoms with E-state index in [9.17, 15) is 4.79 Å². The lowest BCUT2D eigenvalue weighted by Crippen LogP contribution is -2.23. The Kier molecular flexibility index (Phi) is 4.94. The van der Waals surface area contributed by atoms with E-state index in [2.05, 4.69) is 31.7 Å². The van der Waals surface area contributed by atoms with Crippen LogP contribution in [0, 0.1) is 0 Å². The monoisotopic (exact) mass is 354 g/mol. The van der Waals surface area contributed by atoms with Crippen molar-refractivity contribution in [3.63, 3.8) is 0 Å². The molecule has 0 aliphatic heterocycles. The minimum atomic E-state index is -0.242. The smallest absolute Gasteiger partial charge is 0.251 e. The number of nitrogens with two attached hydrogens (primary N) is 1. The topological polar surface area (TPSA) is 80.0 Å².